The van der Waals surface area contributed by atoms with Gasteiger partial charge in [-0.1, -0.05) is 40.8 Å². The number of benzene rings is 2. The molecule has 0 radical (unpaired) electrons. The van der Waals surface area contributed by atoms with Crippen molar-refractivity contribution in [2.24, 2.45) is 0 Å². The highest BCUT2D eigenvalue weighted by Crippen LogP contribution is 2.27. The zero-order chi connectivity index (χ0) is 22.5. The molecule has 0 aliphatic rings. The van der Waals surface area contributed by atoms with E-state index in [-0.39, 0.29) is 28.0 Å². The Bertz CT molecular complexity index is 1120. The van der Waals surface area contributed by atoms with Crippen molar-refractivity contribution in [1.82, 2.24) is 10.2 Å². The topological polar surface area (TPSA) is 127 Å². The molecule has 0 aliphatic carbocycles. The Labute approximate surface area is 186 Å². The summed E-state index contributed by atoms with van der Waals surface area (Å²) in [5.74, 6) is -0.463. The van der Waals surface area contributed by atoms with Gasteiger partial charge in [-0.15, -0.1) is 10.2 Å². The van der Waals surface area contributed by atoms with E-state index in [1.807, 2.05) is 32.9 Å². The van der Waals surface area contributed by atoms with Crippen molar-refractivity contribution in [3.63, 3.8) is 0 Å². The fourth-order valence-electron chi connectivity index (χ4n) is 2.90. The lowest BCUT2D eigenvalue weighted by atomic mass is 10.1. The van der Waals surface area contributed by atoms with Crippen LogP contribution in [-0.4, -0.2) is 32.7 Å². The number of hydrogen-bond donors (Lipinski definition) is 2. The van der Waals surface area contributed by atoms with Gasteiger partial charge in [-0.2, -0.15) is 0 Å². The lowest BCUT2D eigenvalue weighted by Crippen LogP contribution is -2.15. The number of aryl methyl sites for hydroxylation is 3. The van der Waals surface area contributed by atoms with Crippen LogP contribution >= 0.6 is 23.1 Å². The largest absolute Gasteiger partial charge is 0.325 e. The summed E-state index contributed by atoms with van der Waals surface area (Å²) in [6.45, 7) is 5.91. The van der Waals surface area contributed by atoms with Gasteiger partial charge in [-0.05, 0) is 44.0 Å². The minimum atomic E-state index is -0.534. The van der Waals surface area contributed by atoms with Gasteiger partial charge in [0.1, 0.15) is 0 Å². The summed E-state index contributed by atoms with van der Waals surface area (Å²) in [6, 6.07) is 9.27. The molecule has 1 aromatic heterocycles. The number of amides is 2. The molecule has 160 valence electrons. The van der Waals surface area contributed by atoms with Crippen LogP contribution in [-0.2, 0) is 4.79 Å². The zero-order valence-corrected chi connectivity index (χ0v) is 18.6. The van der Waals surface area contributed by atoms with Crippen LogP contribution in [0.3, 0.4) is 0 Å². The van der Waals surface area contributed by atoms with Crippen molar-refractivity contribution in [2.45, 2.75) is 25.1 Å². The first-order valence-electron chi connectivity index (χ1n) is 9.12. The number of carbonyl (C=O) groups excluding carboxylic acids is 2. The Morgan fingerprint density at radius 2 is 1.71 bits per heavy atom. The monoisotopic (exact) mass is 457 g/mol. The van der Waals surface area contributed by atoms with E-state index in [2.05, 4.69) is 20.8 Å². The molecule has 2 N–H and O–H groups in total. The molecule has 0 saturated heterocycles. The first-order chi connectivity index (χ1) is 14.7. The number of nitrogens with zero attached hydrogens (tertiary/aromatic N) is 3. The van der Waals surface area contributed by atoms with E-state index in [1.165, 1.54) is 36.0 Å². The number of nitrogens with one attached hydrogen (secondary N) is 2. The molecule has 0 atom stereocenters. The first-order valence-corrected chi connectivity index (χ1v) is 10.9. The number of nitro benzene ring substituents is 1. The van der Waals surface area contributed by atoms with Crippen LogP contribution in [0.5, 0.6) is 0 Å². The van der Waals surface area contributed by atoms with E-state index >= 15 is 0 Å². The third-order valence-electron chi connectivity index (χ3n) is 4.24. The third-order valence-corrected chi connectivity index (χ3v) is 6.21. The highest BCUT2D eigenvalue weighted by molar-refractivity contribution is 8.01. The molecule has 9 nitrogen and oxygen atoms in total. The minimum Gasteiger partial charge on any atom is -0.325 e. The summed E-state index contributed by atoms with van der Waals surface area (Å²) in [4.78, 5) is 34.7. The predicted molar refractivity (Wildman–Crippen MR) is 121 cm³/mol. The lowest BCUT2D eigenvalue weighted by molar-refractivity contribution is -0.384. The van der Waals surface area contributed by atoms with Gasteiger partial charge in [-0.3, -0.25) is 25.0 Å². The Morgan fingerprint density at radius 1 is 1.06 bits per heavy atom. The summed E-state index contributed by atoms with van der Waals surface area (Å²) < 4.78 is 0.534. The van der Waals surface area contributed by atoms with Crippen molar-refractivity contribution < 1.29 is 14.5 Å². The number of thioether (sulfide) groups is 1. The number of aromatic nitrogens is 2. The van der Waals surface area contributed by atoms with Gasteiger partial charge in [0, 0.05) is 23.4 Å². The number of nitro groups is 1. The highest BCUT2D eigenvalue weighted by Gasteiger charge is 2.14. The van der Waals surface area contributed by atoms with Gasteiger partial charge in [-0.25, -0.2) is 0 Å². The summed E-state index contributed by atoms with van der Waals surface area (Å²) >= 11 is 2.36. The average Bonchev–Trinajstić information content (AvgIpc) is 3.16. The van der Waals surface area contributed by atoms with E-state index in [0.717, 1.165) is 33.7 Å². The SMILES string of the molecule is Cc1cc(C)c(NC(=O)CSc2nnc(NC(=O)c3ccc([N+](=O)[O-])cc3)s2)c(C)c1. The Kier molecular flexibility index (Phi) is 6.98. The van der Waals surface area contributed by atoms with Crippen molar-refractivity contribution in [2.75, 3.05) is 16.4 Å². The van der Waals surface area contributed by atoms with E-state index in [4.69, 9.17) is 0 Å². The van der Waals surface area contributed by atoms with E-state index in [0.29, 0.717) is 4.34 Å². The first kappa shape index (κ1) is 22.4. The molecule has 0 bridgehead atoms. The molecule has 0 saturated carbocycles. The number of non-ortho nitro benzene ring substituents is 1. The summed E-state index contributed by atoms with van der Waals surface area (Å²) in [5.41, 5.74) is 4.12. The fraction of sp³-hybridized carbons (Fsp3) is 0.200. The van der Waals surface area contributed by atoms with Crippen molar-refractivity contribution in [3.8, 4) is 0 Å². The Morgan fingerprint density at radius 3 is 2.32 bits per heavy atom. The number of hydrogen-bond acceptors (Lipinski definition) is 8. The number of carbonyl (C=O) groups is 2. The maximum atomic E-state index is 12.3. The summed E-state index contributed by atoms with van der Waals surface area (Å²) in [5, 5.41) is 24.4. The fourth-order valence-corrected chi connectivity index (χ4v) is 4.45. The van der Waals surface area contributed by atoms with Gasteiger partial charge in [0.15, 0.2) is 4.34 Å². The number of rotatable bonds is 7. The maximum Gasteiger partial charge on any atom is 0.269 e. The summed E-state index contributed by atoms with van der Waals surface area (Å²) in [7, 11) is 0. The van der Waals surface area contributed by atoms with Crippen LogP contribution < -0.4 is 10.6 Å². The second-order valence-electron chi connectivity index (χ2n) is 6.74. The highest BCUT2D eigenvalue weighted by atomic mass is 32.2. The van der Waals surface area contributed by atoms with Crippen molar-refractivity contribution >= 4 is 51.4 Å². The predicted octanol–water partition coefficient (Wildman–Crippen LogP) is 4.35. The van der Waals surface area contributed by atoms with Crippen LogP contribution in [0.25, 0.3) is 0 Å². The molecule has 3 rings (SSSR count). The molecule has 0 unspecified atom stereocenters. The van der Waals surface area contributed by atoms with Crippen LogP contribution in [0.4, 0.5) is 16.5 Å². The standard InChI is InChI=1S/C20H19N5O4S2/c1-11-8-12(2)17(13(3)9-11)21-16(26)10-30-20-24-23-19(31-20)22-18(27)14-4-6-15(7-5-14)25(28)29/h4-9H,10H2,1-3H3,(H,21,26)(H,22,23,27). The van der Waals surface area contributed by atoms with E-state index < -0.39 is 10.8 Å². The van der Waals surface area contributed by atoms with Gasteiger partial charge >= 0.3 is 0 Å². The molecule has 3 aromatic rings. The molecule has 1 heterocycles. The molecule has 2 amide bonds. The second kappa shape index (κ2) is 9.67. The Hall–Kier alpha value is -3.31. The minimum absolute atomic E-state index is 0.0968. The zero-order valence-electron chi connectivity index (χ0n) is 17.0. The molecular formula is C20H19N5O4S2. The third kappa shape index (κ3) is 5.86. The van der Waals surface area contributed by atoms with Gasteiger partial charge < -0.3 is 5.32 Å². The smallest absolute Gasteiger partial charge is 0.269 e. The maximum absolute atomic E-state index is 12.3. The normalized spacial score (nSPS) is 10.5. The molecule has 2 aromatic carbocycles. The number of anilines is 2. The van der Waals surface area contributed by atoms with Crippen LogP contribution in [0.1, 0.15) is 27.0 Å². The van der Waals surface area contributed by atoms with Crippen LogP contribution in [0.2, 0.25) is 0 Å². The molecule has 31 heavy (non-hydrogen) atoms. The quantitative estimate of drug-likeness (QED) is 0.234. The van der Waals surface area contributed by atoms with E-state index in [9.17, 15) is 19.7 Å². The molecular weight excluding hydrogens is 438 g/mol. The molecule has 0 spiro atoms. The van der Waals surface area contributed by atoms with Crippen molar-refractivity contribution in [1.29, 1.82) is 0 Å². The van der Waals surface area contributed by atoms with Gasteiger partial charge in [0.25, 0.3) is 11.6 Å². The van der Waals surface area contributed by atoms with Gasteiger partial charge in [0.05, 0.1) is 10.7 Å². The lowest BCUT2D eigenvalue weighted by Gasteiger charge is -2.12. The second-order valence-corrected chi connectivity index (χ2v) is 8.94. The molecule has 11 heteroatoms. The van der Waals surface area contributed by atoms with Crippen LogP contribution in [0.15, 0.2) is 40.7 Å². The summed E-state index contributed by atoms with van der Waals surface area (Å²) in [6.07, 6.45) is 0. The molecule has 0 aliphatic heterocycles. The molecule has 0 fully saturated rings. The van der Waals surface area contributed by atoms with Crippen molar-refractivity contribution in [3.05, 3.63) is 68.8 Å². The average molecular weight is 458 g/mol. The van der Waals surface area contributed by atoms with Gasteiger partial charge in [0.2, 0.25) is 11.0 Å². The Balaban J connectivity index is 1.54. The van der Waals surface area contributed by atoms with Crippen LogP contribution in [0, 0.1) is 30.9 Å². The van der Waals surface area contributed by atoms with E-state index in [1.54, 1.807) is 0 Å².